The van der Waals surface area contributed by atoms with E-state index >= 15 is 0 Å². The van der Waals surface area contributed by atoms with Crippen molar-refractivity contribution < 1.29 is 23.8 Å². The zero-order chi connectivity index (χ0) is 12.5. The first kappa shape index (κ1) is 12.9. The van der Waals surface area contributed by atoms with Crippen LogP contribution < -0.4 is 5.73 Å². The van der Waals surface area contributed by atoms with Gasteiger partial charge in [0.25, 0.3) is 0 Å². The lowest BCUT2D eigenvalue weighted by atomic mass is 10.1. The third kappa shape index (κ3) is 2.48. The molecule has 0 amide bonds. The summed E-state index contributed by atoms with van der Waals surface area (Å²) >= 11 is 2.81. The van der Waals surface area contributed by atoms with E-state index in [-0.39, 0.29) is 16.5 Å². The monoisotopic (exact) mass is 295 g/mol. The van der Waals surface area contributed by atoms with Gasteiger partial charge in [-0.25, -0.2) is 4.39 Å². The van der Waals surface area contributed by atoms with E-state index < -0.39 is 29.4 Å². The Hall–Kier alpha value is -1.21. The number of phenols is 1. The van der Waals surface area contributed by atoms with Gasteiger partial charge < -0.3 is 15.9 Å². The van der Waals surface area contributed by atoms with Gasteiger partial charge >= 0.3 is 5.97 Å². The number of carbonyl (C=O) groups is 1. The maximum Gasteiger partial charge on any atom is 0.320 e. The van der Waals surface area contributed by atoms with Crippen LogP contribution in [0.25, 0.3) is 0 Å². The summed E-state index contributed by atoms with van der Waals surface area (Å²) in [5.41, 5.74) is 4.98. The van der Waals surface area contributed by atoms with E-state index in [0.717, 1.165) is 6.07 Å². The Morgan fingerprint density at radius 2 is 2.06 bits per heavy atom. The largest absolute Gasteiger partial charge is 0.504 e. The molecule has 0 saturated heterocycles. The zero-order valence-corrected chi connectivity index (χ0v) is 9.46. The number of carboxylic acid groups (broad SMARTS) is 1. The molecule has 0 radical (unpaired) electrons. The summed E-state index contributed by atoms with van der Waals surface area (Å²) in [6.07, 6.45) is -0.364. The number of aromatic hydroxyl groups is 1. The summed E-state index contributed by atoms with van der Waals surface area (Å²) < 4.78 is 26.3. The predicted molar refractivity (Wildman–Crippen MR) is 55.0 cm³/mol. The molecule has 1 atom stereocenters. The minimum Gasteiger partial charge on any atom is -0.504 e. The number of phenolic OH excluding ortho intramolecular Hbond substituents is 1. The second kappa shape index (κ2) is 4.75. The van der Waals surface area contributed by atoms with Crippen molar-refractivity contribution in [2.45, 2.75) is 12.5 Å². The Morgan fingerprint density at radius 1 is 1.50 bits per heavy atom. The highest BCUT2D eigenvalue weighted by Gasteiger charge is 2.20. The van der Waals surface area contributed by atoms with Gasteiger partial charge in [-0.2, -0.15) is 4.39 Å². The molecule has 0 aliphatic rings. The fraction of sp³-hybridized carbons (Fsp3) is 0.222. The molecule has 4 N–H and O–H groups in total. The van der Waals surface area contributed by atoms with Crippen LogP contribution in [0.3, 0.4) is 0 Å². The lowest BCUT2D eigenvalue weighted by molar-refractivity contribution is -0.138. The molecule has 1 aromatic rings. The molecule has 7 heteroatoms. The molecule has 0 aliphatic carbocycles. The second-order valence-corrected chi connectivity index (χ2v) is 4.00. The zero-order valence-electron chi connectivity index (χ0n) is 7.88. The van der Waals surface area contributed by atoms with Gasteiger partial charge in [-0.15, -0.1) is 0 Å². The fourth-order valence-electron chi connectivity index (χ4n) is 1.11. The second-order valence-electron chi connectivity index (χ2n) is 3.14. The first-order chi connectivity index (χ1) is 7.34. The van der Waals surface area contributed by atoms with Crippen molar-refractivity contribution in [2.75, 3.05) is 0 Å². The molecule has 16 heavy (non-hydrogen) atoms. The highest BCUT2D eigenvalue weighted by atomic mass is 79.9. The molecule has 1 unspecified atom stereocenters. The molecule has 1 rings (SSSR count). The van der Waals surface area contributed by atoms with Gasteiger partial charge in [-0.05, 0) is 27.6 Å². The molecule has 0 saturated carbocycles. The number of nitrogens with two attached hydrogens (primary N) is 1. The summed E-state index contributed by atoms with van der Waals surface area (Å²) in [4.78, 5) is 10.4. The molecule has 1 aromatic carbocycles. The first-order valence-electron chi connectivity index (χ1n) is 4.18. The van der Waals surface area contributed by atoms with E-state index in [4.69, 9.17) is 15.9 Å². The molecule has 0 bridgehead atoms. The maximum absolute atomic E-state index is 13.3. The summed E-state index contributed by atoms with van der Waals surface area (Å²) in [6.45, 7) is 0. The number of carboxylic acids is 1. The van der Waals surface area contributed by atoms with Crippen LogP contribution in [-0.4, -0.2) is 22.2 Å². The summed E-state index contributed by atoms with van der Waals surface area (Å²) in [5, 5.41) is 17.6. The van der Waals surface area contributed by atoms with E-state index in [9.17, 15) is 13.6 Å². The number of rotatable bonds is 3. The van der Waals surface area contributed by atoms with E-state index in [1.807, 2.05) is 0 Å². The van der Waals surface area contributed by atoms with Gasteiger partial charge in [0.05, 0.1) is 4.47 Å². The first-order valence-corrected chi connectivity index (χ1v) is 4.97. The van der Waals surface area contributed by atoms with Gasteiger partial charge in [0, 0.05) is 6.42 Å². The average Bonchev–Trinajstić information content (AvgIpc) is 2.22. The van der Waals surface area contributed by atoms with E-state index in [0.29, 0.717) is 0 Å². The highest BCUT2D eigenvalue weighted by Crippen LogP contribution is 2.31. The van der Waals surface area contributed by atoms with Gasteiger partial charge in [-0.3, -0.25) is 4.79 Å². The van der Waals surface area contributed by atoms with Crippen LogP contribution in [0.1, 0.15) is 5.56 Å². The third-order valence-corrected chi connectivity index (χ3v) is 2.57. The Labute approximate surface area is 97.8 Å². The lowest BCUT2D eigenvalue weighted by Crippen LogP contribution is -2.32. The average molecular weight is 296 g/mol. The quantitative estimate of drug-likeness (QED) is 0.736. The molecule has 88 valence electrons. The number of hydrogen-bond donors (Lipinski definition) is 3. The molecule has 0 heterocycles. The normalized spacial score (nSPS) is 12.5. The SMILES string of the molecule is NC(Cc1cc(Br)c(O)c(F)c1F)C(=O)O. The predicted octanol–water partition coefficient (Wildman–Crippen LogP) is 1.39. The Morgan fingerprint density at radius 3 is 2.56 bits per heavy atom. The van der Waals surface area contributed by atoms with Gasteiger partial charge in [0.15, 0.2) is 11.6 Å². The minimum atomic E-state index is -1.43. The topological polar surface area (TPSA) is 83.5 Å². The Balaban J connectivity index is 3.11. The van der Waals surface area contributed by atoms with Gasteiger partial charge in [-0.1, -0.05) is 0 Å². The van der Waals surface area contributed by atoms with Crippen LogP contribution in [0, 0.1) is 11.6 Å². The Kier molecular flexibility index (Phi) is 3.82. The van der Waals surface area contributed by atoms with Crippen molar-refractivity contribution in [1.82, 2.24) is 0 Å². The third-order valence-electron chi connectivity index (χ3n) is 1.97. The molecular formula is C9H8BrF2NO3. The Bertz CT molecular complexity index is 439. The number of aliphatic carboxylic acids is 1. The number of halogens is 3. The molecule has 0 aliphatic heterocycles. The molecule has 0 fully saturated rings. The van der Waals surface area contributed by atoms with Gasteiger partial charge in [0.2, 0.25) is 5.82 Å². The van der Waals surface area contributed by atoms with Crippen LogP contribution >= 0.6 is 15.9 Å². The van der Waals surface area contributed by atoms with E-state index in [1.54, 1.807) is 0 Å². The standard InChI is InChI=1S/C9H8BrF2NO3/c10-4-1-3(2-5(13)9(15)16)6(11)7(12)8(4)14/h1,5,14H,2,13H2,(H,15,16). The van der Waals surface area contributed by atoms with Crippen LogP contribution in [0.4, 0.5) is 8.78 Å². The maximum atomic E-state index is 13.3. The summed E-state index contributed by atoms with van der Waals surface area (Å²) in [6, 6.07) is -0.235. The van der Waals surface area contributed by atoms with Crippen LogP contribution in [0.2, 0.25) is 0 Å². The molecular weight excluding hydrogens is 288 g/mol. The smallest absolute Gasteiger partial charge is 0.320 e. The highest BCUT2D eigenvalue weighted by molar-refractivity contribution is 9.10. The van der Waals surface area contributed by atoms with Crippen molar-refractivity contribution in [2.24, 2.45) is 5.73 Å². The number of benzene rings is 1. The minimum absolute atomic E-state index is 0.0565. The lowest BCUT2D eigenvalue weighted by Gasteiger charge is -2.09. The molecule has 4 nitrogen and oxygen atoms in total. The van der Waals surface area contributed by atoms with Crippen LogP contribution in [-0.2, 0) is 11.2 Å². The molecule has 0 aromatic heterocycles. The van der Waals surface area contributed by atoms with Crippen LogP contribution in [0.5, 0.6) is 5.75 Å². The van der Waals surface area contributed by atoms with E-state index in [2.05, 4.69) is 15.9 Å². The van der Waals surface area contributed by atoms with Crippen molar-refractivity contribution in [3.8, 4) is 5.75 Å². The van der Waals surface area contributed by atoms with Crippen LogP contribution in [0.15, 0.2) is 10.5 Å². The number of hydrogen-bond acceptors (Lipinski definition) is 3. The van der Waals surface area contributed by atoms with Crippen molar-refractivity contribution in [3.63, 3.8) is 0 Å². The van der Waals surface area contributed by atoms with Crippen molar-refractivity contribution >= 4 is 21.9 Å². The fourth-order valence-corrected chi connectivity index (χ4v) is 1.56. The molecule has 0 spiro atoms. The van der Waals surface area contributed by atoms with Crippen molar-refractivity contribution in [3.05, 3.63) is 27.7 Å². The van der Waals surface area contributed by atoms with E-state index in [1.165, 1.54) is 0 Å². The van der Waals surface area contributed by atoms with Crippen molar-refractivity contribution in [1.29, 1.82) is 0 Å². The summed E-state index contributed by atoms with van der Waals surface area (Å²) in [7, 11) is 0. The van der Waals surface area contributed by atoms with Gasteiger partial charge in [0.1, 0.15) is 6.04 Å². The summed E-state index contributed by atoms with van der Waals surface area (Å²) in [5.74, 6) is -4.89.